The van der Waals surface area contributed by atoms with E-state index in [1.54, 1.807) is 0 Å². The summed E-state index contributed by atoms with van der Waals surface area (Å²) in [6, 6.07) is 4.37. The monoisotopic (exact) mass is 291 g/mol. The van der Waals surface area contributed by atoms with E-state index in [-0.39, 0.29) is 22.3 Å². The van der Waals surface area contributed by atoms with Crippen molar-refractivity contribution >= 4 is 27.1 Å². The summed E-state index contributed by atoms with van der Waals surface area (Å²) in [5.74, 6) is 0.0959. The van der Waals surface area contributed by atoms with Gasteiger partial charge in [0.15, 0.2) is 9.84 Å². The van der Waals surface area contributed by atoms with Gasteiger partial charge in [0.1, 0.15) is 0 Å². The number of hydrogen-bond donors (Lipinski definition) is 2. The molecule has 0 bridgehead atoms. The lowest BCUT2D eigenvalue weighted by molar-refractivity contribution is 0.283. The van der Waals surface area contributed by atoms with Crippen molar-refractivity contribution in [3.8, 4) is 0 Å². The summed E-state index contributed by atoms with van der Waals surface area (Å²) in [7, 11) is -3.29. The van der Waals surface area contributed by atoms with Gasteiger partial charge in [-0.05, 0) is 31.0 Å². The number of halogens is 1. The lowest BCUT2D eigenvalue weighted by Gasteiger charge is -2.06. The zero-order chi connectivity index (χ0) is 13.6. The summed E-state index contributed by atoms with van der Waals surface area (Å²) in [6.45, 7) is 0.153. The molecular formula is C12H18ClNO3S. The smallest absolute Gasteiger partial charge is 0.178 e. The molecule has 3 N–H and O–H groups in total. The van der Waals surface area contributed by atoms with E-state index < -0.39 is 9.84 Å². The van der Waals surface area contributed by atoms with Gasteiger partial charge >= 0.3 is 0 Å². The molecule has 0 saturated carbocycles. The molecule has 0 atom stereocenters. The minimum absolute atomic E-state index is 0.0959. The molecule has 0 saturated heterocycles. The number of benzene rings is 1. The van der Waals surface area contributed by atoms with Crippen LogP contribution in [0.4, 0.5) is 5.69 Å². The van der Waals surface area contributed by atoms with Crippen LogP contribution in [0.5, 0.6) is 0 Å². The summed E-state index contributed by atoms with van der Waals surface area (Å²) in [5.41, 5.74) is 5.91. The Morgan fingerprint density at radius 2 is 1.83 bits per heavy atom. The van der Waals surface area contributed by atoms with Gasteiger partial charge in [0.25, 0.3) is 0 Å². The van der Waals surface area contributed by atoms with Crippen molar-refractivity contribution in [3.63, 3.8) is 0 Å². The maximum absolute atomic E-state index is 12.0. The molecule has 102 valence electrons. The van der Waals surface area contributed by atoms with Gasteiger partial charge in [0.2, 0.25) is 0 Å². The van der Waals surface area contributed by atoms with Crippen LogP contribution in [0.25, 0.3) is 0 Å². The van der Waals surface area contributed by atoms with Gasteiger partial charge in [-0.1, -0.05) is 24.4 Å². The third kappa shape index (κ3) is 4.48. The molecule has 4 nitrogen and oxygen atoms in total. The van der Waals surface area contributed by atoms with Crippen LogP contribution in [0.1, 0.15) is 25.7 Å². The van der Waals surface area contributed by atoms with Crippen LogP contribution in [0.3, 0.4) is 0 Å². The molecule has 1 rings (SSSR count). The predicted molar refractivity (Wildman–Crippen MR) is 73.5 cm³/mol. The van der Waals surface area contributed by atoms with E-state index in [2.05, 4.69) is 0 Å². The zero-order valence-corrected chi connectivity index (χ0v) is 11.7. The van der Waals surface area contributed by atoms with E-state index in [0.29, 0.717) is 18.5 Å². The molecule has 0 aromatic heterocycles. The van der Waals surface area contributed by atoms with Crippen LogP contribution < -0.4 is 5.73 Å². The van der Waals surface area contributed by atoms with Crippen LogP contribution in [0.2, 0.25) is 5.02 Å². The van der Waals surface area contributed by atoms with Gasteiger partial charge in [-0.3, -0.25) is 0 Å². The van der Waals surface area contributed by atoms with Crippen molar-refractivity contribution in [3.05, 3.63) is 23.2 Å². The lowest BCUT2D eigenvalue weighted by atomic mass is 10.2. The van der Waals surface area contributed by atoms with Crippen molar-refractivity contribution in [1.82, 2.24) is 0 Å². The van der Waals surface area contributed by atoms with E-state index in [0.717, 1.165) is 12.8 Å². The highest BCUT2D eigenvalue weighted by molar-refractivity contribution is 7.91. The number of aliphatic hydroxyl groups excluding tert-OH is 1. The van der Waals surface area contributed by atoms with Crippen molar-refractivity contribution in [2.75, 3.05) is 18.1 Å². The second-order valence-corrected chi connectivity index (χ2v) is 6.66. The van der Waals surface area contributed by atoms with Crippen LogP contribution in [0, 0.1) is 0 Å². The van der Waals surface area contributed by atoms with Crippen LogP contribution in [-0.2, 0) is 9.84 Å². The maximum Gasteiger partial charge on any atom is 0.178 e. The van der Waals surface area contributed by atoms with Gasteiger partial charge in [0.05, 0.1) is 21.4 Å². The first-order valence-electron chi connectivity index (χ1n) is 5.86. The number of nitrogen functional groups attached to an aromatic ring is 1. The quantitative estimate of drug-likeness (QED) is 0.596. The molecule has 0 amide bonds. The predicted octanol–water partition coefficient (Wildman–Crippen LogP) is 2.25. The Balaban J connectivity index is 2.60. The molecule has 0 spiro atoms. The molecule has 6 heteroatoms. The minimum atomic E-state index is -3.29. The van der Waals surface area contributed by atoms with Gasteiger partial charge in [-0.2, -0.15) is 0 Å². The van der Waals surface area contributed by atoms with Gasteiger partial charge in [-0.15, -0.1) is 0 Å². The van der Waals surface area contributed by atoms with E-state index in [4.69, 9.17) is 22.4 Å². The summed E-state index contributed by atoms with van der Waals surface area (Å²) < 4.78 is 24.0. The number of sulfone groups is 1. The van der Waals surface area contributed by atoms with Crippen LogP contribution in [-0.4, -0.2) is 25.9 Å². The fraction of sp³-hybridized carbons (Fsp3) is 0.500. The lowest BCUT2D eigenvalue weighted by Crippen LogP contribution is -2.07. The van der Waals surface area contributed by atoms with Gasteiger partial charge in [0, 0.05) is 6.61 Å². The van der Waals surface area contributed by atoms with Crippen molar-refractivity contribution in [2.24, 2.45) is 0 Å². The number of anilines is 1. The number of rotatable bonds is 7. The molecule has 18 heavy (non-hydrogen) atoms. The molecule has 0 unspecified atom stereocenters. The Bertz CT molecular complexity index is 488. The van der Waals surface area contributed by atoms with Crippen molar-refractivity contribution in [1.29, 1.82) is 0 Å². The standard InChI is InChI=1S/C12H18ClNO3S/c13-11-9-10(5-6-12(11)14)18(16,17)8-4-2-1-3-7-15/h5-6,9,15H,1-4,7-8,14H2. The summed E-state index contributed by atoms with van der Waals surface area (Å²) in [5, 5.41) is 8.88. The number of nitrogens with two attached hydrogens (primary N) is 1. The van der Waals surface area contributed by atoms with Crippen molar-refractivity contribution in [2.45, 2.75) is 30.6 Å². The first-order chi connectivity index (χ1) is 8.47. The largest absolute Gasteiger partial charge is 0.398 e. The normalized spacial score (nSPS) is 11.7. The van der Waals surface area contributed by atoms with Gasteiger partial charge < -0.3 is 10.8 Å². The third-order valence-electron chi connectivity index (χ3n) is 2.65. The Hall–Kier alpha value is -0.780. The Kier molecular flexibility index (Phi) is 5.91. The van der Waals surface area contributed by atoms with Crippen LogP contribution in [0.15, 0.2) is 23.1 Å². The molecule has 0 aliphatic carbocycles. The molecule has 0 fully saturated rings. The fourth-order valence-electron chi connectivity index (χ4n) is 1.58. The summed E-state index contributed by atoms with van der Waals surface area (Å²) >= 11 is 5.81. The fourth-order valence-corrected chi connectivity index (χ4v) is 3.21. The minimum Gasteiger partial charge on any atom is -0.398 e. The molecule has 1 aromatic rings. The van der Waals surface area contributed by atoms with Crippen LogP contribution >= 0.6 is 11.6 Å². The van der Waals surface area contributed by atoms with E-state index >= 15 is 0 Å². The number of hydrogen-bond acceptors (Lipinski definition) is 4. The Morgan fingerprint density at radius 1 is 1.17 bits per heavy atom. The molecular weight excluding hydrogens is 274 g/mol. The van der Waals surface area contributed by atoms with Crippen molar-refractivity contribution < 1.29 is 13.5 Å². The highest BCUT2D eigenvalue weighted by Gasteiger charge is 2.14. The average molecular weight is 292 g/mol. The highest BCUT2D eigenvalue weighted by atomic mass is 35.5. The van der Waals surface area contributed by atoms with E-state index in [1.165, 1.54) is 18.2 Å². The molecule has 0 aliphatic heterocycles. The molecule has 0 aliphatic rings. The Labute approximate surface area is 113 Å². The number of aliphatic hydroxyl groups is 1. The van der Waals surface area contributed by atoms with E-state index in [1.807, 2.05) is 0 Å². The first-order valence-corrected chi connectivity index (χ1v) is 7.89. The third-order valence-corrected chi connectivity index (χ3v) is 4.78. The number of unbranched alkanes of at least 4 members (excludes halogenated alkanes) is 3. The second-order valence-electron chi connectivity index (χ2n) is 4.14. The molecule has 0 heterocycles. The average Bonchev–Trinajstić information content (AvgIpc) is 2.32. The second kappa shape index (κ2) is 6.97. The highest BCUT2D eigenvalue weighted by Crippen LogP contribution is 2.23. The maximum atomic E-state index is 12.0. The zero-order valence-electron chi connectivity index (χ0n) is 10.1. The summed E-state index contributed by atoms with van der Waals surface area (Å²) in [4.78, 5) is 0.212. The van der Waals surface area contributed by atoms with Gasteiger partial charge in [-0.25, -0.2) is 8.42 Å². The SMILES string of the molecule is Nc1ccc(S(=O)(=O)CCCCCCO)cc1Cl. The Morgan fingerprint density at radius 3 is 2.44 bits per heavy atom. The summed E-state index contributed by atoms with van der Waals surface area (Å²) in [6.07, 6.45) is 2.94. The molecule has 0 radical (unpaired) electrons. The molecule has 1 aromatic carbocycles. The topological polar surface area (TPSA) is 80.4 Å². The first kappa shape index (κ1) is 15.3. The van der Waals surface area contributed by atoms with E-state index in [9.17, 15) is 8.42 Å².